The highest BCUT2D eigenvalue weighted by molar-refractivity contribution is 5.28. The number of hydrogen-bond acceptors (Lipinski definition) is 3. The van der Waals surface area contributed by atoms with Crippen LogP contribution in [0.2, 0.25) is 0 Å². The molecule has 23 heavy (non-hydrogen) atoms. The van der Waals surface area contributed by atoms with Crippen LogP contribution in [-0.2, 0) is 17.7 Å². The van der Waals surface area contributed by atoms with Gasteiger partial charge in [0.05, 0.1) is 11.9 Å². The van der Waals surface area contributed by atoms with Crippen molar-refractivity contribution in [3.8, 4) is 5.69 Å². The van der Waals surface area contributed by atoms with E-state index < -0.39 is 0 Å². The number of aromatic nitrogens is 3. The predicted octanol–water partition coefficient (Wildman–Crippen LogP) is 2.66. The molecule has 0 bridgehead atoms. The standard InChI is InChI=1S/C18H25N3O2/c1-14(2)10-16-4-3-7-21(18(16)22)17-11-19-20(13-17)12-15-5-8-23-9-6-15/h3-4,7,11,13-15H,5-6,8-10,12H2,1-2H3. The third-order valence-corrected chi connectivity index (χ3v) is 4.34. The number of rotatable bonds is 5. The highest BCUT2D eigenvalue weighted by atomic mass is 16.5. The minimum atomic E-state index is 0.0619. The Hall–Kier alpha value is -1.88. The Kier molecular flexibility index (Phi) is 4.96. The molecule has 0 spiro atoms. The van der Waals surface area contributed by atoms with E-state index in [1.807, 2.05) is 29.2 Å². The second-order valence-corrected chi connectivity index (χ2v) is 6.78. The van der Waals surface area contributed by atoms with E-state index in [-0.39, 0.29) is 5.56 Å². The number of hydrogen-bond donors (Lipinski definition) is 0. The SMILES string of the molecule is CC(C)Cc1cccn(-c2cnn(CC3CCOCC3)c2)c1=O. The predicted molar refractivity (Wildman–Crippen MR) is 89.9 cm³/mol. The van der Waals surface area contributed by atoms with Crippen LogP contribution >= 0.6 is 0 Å². The summed E-state index contributed by atoms with van der Waals surface area (Å²) in [5.41, 5.74) is 1.76. The van der Waals surface area contributed by atoms with Crippen LogP contribution in [0, 0.1) is 11.8 Å². The fourth-order valence-corrected chi connectivity index (χ4v) is 3.11. The van der Waals surface area contributed by atoms with Crippen molar-refractivity contribution in [3.05, 3.63) is 46.6 Å². The van der Waals surface area contributed by atoms with Crippen LogP contribution in [0.25, 0.3) is 5.69 Å². The molecule has 0 aliphatic carbocycles. The summed E-state index contributed by atoms with van der Waals surface area (Å²) in [4.78, 5) is 12.6. The summed E-state index contributed by atoms with van der Waals surface area (Å²) in [6.07, 6.45) is 8.53. The van der Waals surface area contributed by atoms with Gasteiger partial charge in [-0.1, -0.05) is 19.9 Å². The van der Waals surface area contributed by atoms with Gasteiger partial charge in [0.15, 0.2) is 0 Å². The van der Waals surface area contributed by atoms with Gasteiger partial charge in [-0.05, 0) is 37.2 Å². The molecule has 5 heteroatoms. The lowest BCUT2D eigenvalue weighted by Gasteiger charge is -2.21. The number of pyridine rings is 1. The summed E-state index contributed by atoms with van der Waals surface area (Å²) >= 11 is 0. The minimum Gasteiger partial charge on any atom is -0.381 e. The Morgan fingerprint density at radius 2 is 2.13 bits per heavy atom. The second kappa shape index (κ2) is 7.13. The summed E-state index contributed by atoms with van der Waals surface area (Å²) in [5, 5.41) is 4.43. The maximum absolute atomic E-state index is 12.6. The van der Waals surface area contributed by atoms with E-state index >= 15 is 0 Å². The molecule has 124 valence electrons. The number of ether oxygens (including phenoxy) is 1. The normalized spacial score (nSPS) is 16.1. The third-order valence-electron chi connectivity index (χ3n) is 4.34. The van der Waals surface area contributed by atoms with Gasteiger partial charge >= 0.3 is 0 Å². The maximum Gasteiger partial charge on any atom is 0.258 e. The molecular weight excluding hydrogens is 290 g/mol. The largest absolute Gasteiger partial charge is 0.381 e. The molecule has 5 nitrogen and oxygen atoms in total. The Morgan fingerprint density at radius 3 is 2.87 bits per heavy atom. The fraction of sp³-hybridized carbons (Fsp3) is 0.556. The Labute approximate surface area is 136 Å². The molecule has 2 aromatic heterocycles. The maximum atomic E-state index is 12.6. The first kappa shape index (κ1) is 16.0. The van der Waals surface area contributed by atoms with E-state index in [4.69, 9.17) is 4.74 Å². The van der Waals surface area contributed by atoms with Gasteiger partial charge in [0.1, 0.15) is 0 Å². The molecule has 2 aromatic rings. The van der Waals surface area contributed by atoms with Crippen molar-refractivity contribution in [2.75, 3.05) is 13.2 Å². The van der Waals surface area contributed by atoms with Crippen molar-refractivity contribution in [2.45, 2.75) is 39.7 Å². The molecule has 1 aliphatic rings. The van der Waals surface area contributed by atoms with E-state index in [0.717, 1.165) is 50.3 Å². The monoisotopic (exact) mass is 315 g/mol. The lowest BCUT2D eigenvalue weighted by Crippen LogP contribution is -2.22. The summed E-state index contributed by atoms with van der Waals surface area (Å²) in [6.45, 7) is 6.83. The molecule has 0 unspecified atom stereocenters. The van der Waals surface area contributed by atoms with Crippen molar-refractivity contribution in [2.24, 2.45) is 11.8 Å². The Morgan fingerprint density at radius 1 is 1.35 bits per heavy atom. The first-order valence-electron chi connectivity index (χ1n) is 8.44. The molecular formula is C18H25N3O2. The molecule has 1 aliphatic heterocycles. The molecule has 3 rings (SSSR count). The third kappa shape index (κ3) is 3.91. The first-order valence-corrected chi connectivity index (χ1v) is 8.44. The molecule has 3 heterocycles. The van der Waals surface area contributed by atoms with E-state index in [2.05, 4.69) is 18.9 Å². The topological polar surface area (TPSA) is 49.0 Å². The summed E-state index contributed by atoms with van der Waals surface area (Å²) < 4.78 is 9.05. The van der Waals surface area contributed by atoms with Gasteiger partial charge in [-0.25, -0.2) is 0 Å². The van der Waals surface area contributed by atoms with Crippen LogP contribution in [0.3, 0.4) is 0 Å². The van der Waals surface area contributed by atoms with Crippen molar-refractivity contribution in [1.82, 2.24) is 14.3 Å². The van der Waals surface area contributed by atoms with Crippen molar-refractivity contribution in [3.63, 3.8) is 0 Å². The molecule has 1 fully saturated rings. The highest BCUT2D eigenvalue weighted by Gasteiger charge is 2.15. The summed E-state index contributed by atoms with van der Waals surface area (Å²) in [5.74, 6) is 1.08. The molecule has 1 saturated heterocycles. The Balaban J connectivity index is 1.78. The average molecular weight is 315 g/mol. The van der Waals surface area contributed by atoms with Gasteiger partial charge in [-0.15, -0.1) is 0 Å². The highest BCUT2D eigenvalue weighted by Crippen LogP contribution is 2.17. The van der Waals surface area contributed by atoms with Crippen LogP contribution < -0.4 is 5.56 Å². The van der Waals surface area contributed by atoms with Gasteiger partial charge in [0.2, 0.25) is 0 Å². The van der Waals surface area contributed by atoms with Crippen LogP contribution in [-0.4, -0.2) is 27.6 Å². The van der Waals surface area contributed by atoms with Gasteiger partial charge in [0.25, 0.3) is 5.56 Å². The van der Waals surface area contributed by atoms with Crippen LogP contribution in [0.5, 0.6) is 0 Å². The quantitative estimate of drug-likeness (QED) is 0.852. The van der Waals surface area contributed by atoms with Crippen LogP contribution in [0.4, 0.5) is 0 Å². The zero-order valence-corrected chi connectivity index (χ0v) is 13.9. The van der Waals surface area contributed by atoms with E-state index in [1.165, 1.54) is 0 Å². The zero-order valence-electron chi connectivity index (χ0n) is 13.9. The van der Waals surface area contributed by atoms with Crippen molar-refractivity contribution >= 4 is 0 Å². The molecule has 0 amide bonds. The summed E-state index contributed by atoms with van der Waals surface area (Å²) in [6, 6.07) is 3.86. The lowest BCUT2D eigenvalue weighted by atomic mass is 10.0. The van der Waals surface area contributed by atoms with E-state index in [9.17, 15) is 4.79 Å². The Bertz CT molecular complexity index is 696. The minimum absolute atomic E-state index is 0.0619. The van der Waals surface area contributed by atoms with E-state index in [0.29, 0.717) is 11.8 Å². The van der Waals surface area contributed by atoms with E-state index in [1.54, 1.807) is 10.8 Å². The molecule has 0 aromatic carbocycles. The second-order valence-electron chi connectivity index (χ2n) is 6.78. The van der Waals surface area contributed by atoms with Crippen LogP contribution in [0.1, 0.15) is 32.3 Å². The number of nitrogens with zero attached hydrogens (tertiary/aromatic N) is 3. The zero-order chi connectivity index (χ0) is 16.2. The molecule has 0 atom stereocenters. The van der Waals surface area contributed by atoms with Gasteiger partial charge < -0.3 is 4.74 Å². The van der Waals surface area contributed by atoms with Crippen molar-refractivity contribution in [1.29, 1.82) is 0 Å². The lowest BCUT2D eigenvalue weighted by molar-refractivity contribution is 0.0601. The van der Waals surface area contributed by atoms with Gasteiger partial charge in [-0.2, -0.15) is 5.10 Å². The van der Waals surface area contributed by atoms with Gasteiger partial charge in [0, 0.05) is 37.7 Å². The van der Waals surface area contributed by atoms with Gasteiger partial charge in [-0.3, -0.25) is 14.0 Å². The smallest absolute Gasteiger partial charge is 0.258 e. The van der Waals surface area contributed by atoms with Crippen LogP contribution in [0.15, 0.2) is 35.5 Å². The first-order chi connectivity index (χ1) is 11.1. The molecule has 0 N–H and O–H groups in total. The molecule has 0 radical (unpaired) electrons. The fourth-order valence-electron chi connectivity index (χ4n) is 3.11. The van der Waals surface area contributed by atoms with Crippen molar-refractivity contribution < 1.29 is 4.74 Å². The average Bonchev–Trinajstić information content (AvgIpc) is 2.98. The molecule has 0 saturated carbocycles. The summed E-state index contributed by atoms with van der Waals surface area (Å²) in [7, 11) is 0.